The van der Waals surface area contributed by atoms with E-state index >= 15 is 0 Å². The van der Waals surface area contributed by atoms with Gasteiger partial charge in [-0.05, 0) is 65.6 Å². The van der Waals surface area contributed by atoms with Crippen molar-refractivity contribution in [3.8, 4) is 0 Å². The summed E-state index contributed by atoms with van der Waals surface area (Å²) in [7, 11) is 0. The van der Waals surface area contributed by atoms with E-state index in [9.17, 15) is 14.0 Å². The van der Waals surface area contributed by atoms with Gasteiger partial charge in [-0.15, -0.1) is 0 Å². The first-order valence-corrected chi connectivity index (χ1v) is 9.33. The number of anilines is 1. The molecule has 1 aliphatic heterocycles. The maximum Gasteiger partial charge on any atom is 0.274 e. The second kappa shape index (κ2) is 8.26. The smallest absolute Gasteiger partial charge is 0.274 e. The summed E-state index contributed by atoms with van der Waals surface area (Å²) >= 11 is 0. The van der Waals surface area contributed by atoms with Gasteiger partial charge >= 0.3 is 0 Å². The Labute approximate surface area is 172 Å². The van der Waals surface area contributed by atoms with Crippen LogP contribution < -0.4 is 10.4 Å². The Morgan fingerprint density at radius 3 is 2.43 bits per heavy atom. The van der Waals surface area contributed by atoms with Crippen LogP contribution in [0.4, 0.5) is 10.1 Å². The standard InChI is InChI=1S/C23H18FN3O3/c24-19-5-3-16(4-6-19)20(13-15-7-10-25-11-8-15)23(29)27-12-9-17-1-2-18(14-21(17)27)22(28)26-30/h1-8,10-11,13-14,30H,9,12H2,(H,26,28)/b20-13+. The topological polar surface area (TPSA) is 82.5 Å². The monoisotopic (exact) mass is 403 g/mol. The number of fused-ring (bicyclic) bond motifs is 1. The molecule has 0 radical (unpaired) electrons. The van der Waals surface area contributed by atoms with E-state index in [1.807, 2.05) is 0 Å². The number of carbonyl (C=O) groups excluding carboxylic acids is 2. The third-order valence-electron chi connectivity index (χ3n) is 4.99. The van der Waals surface area contributed by atoms with E-state index in [2.05, 4.69) is 4.98 Å². The number of nitrogens with zero attached hydrogens (tertiary/aromatic N) is 2. The highest BCUT2D eigenvalue weighted by atomic mass is 19.1. The minimum Gasteiger partial charge on any atom is -0.308 e. The molecule has 0 atom stereocenters. The van der Waals surface area contributed by atoms with Crippen LogP contribution in [0.15, 0.2) is 67.0 Å². The van der Waals surface area contributed by atoms with E-state index in [1.165, 1.54) is 12.1 Å². The number of halogens is 1. The molecule has 2 heterocycles. The highest BCUT2D eigenvalue weighted by molar-refractivity contribution is 6.30. The normalized spacial score (nSPS) is 13.1. The molecule has 2 aromatic carbocycles. The van der Waals surface area contributed by atoms with Gasteiger partial charge in [0.1, 0.15) is 5.82 Å². The van der Waals surface area contributed by atoms with Crippen LogP contribution in [0.25, 0.3) is 11.6 Å². The van der Waals surface area contributed by atoms with Crippen molar-refractivity contribution >= 4 is 29.2 Å². The van der Waals surface area contributed by atoms with Gasteiger partial charge in [0.05, 0.1) is 0 Å². The van der Waals surface area contributed by atoms with Crippen LogP contribution in [0.2, 0.25) is 0 Å². The average Bonchev–Trinajstić information content (AvgIpc) is 3.21. The molecule has 0 fully saturated rings. The number of hydrogen-bond donors (Lipinski definition) is 2. The largest absolute Gasteiger partial charge is 0.308 e. The number of hydrogen-bond acceptors (Lipinski definition) is 4. The second-order valence-corrected chi connectivity index (χ2v) is 6.84. The zero-order valence-electron chi connectivity index (χ0n) is 15.9. The van der Waals surface area contributed by atoms with Gasteiger partial charge in [-0.1, -0.05) is 18.2 Å². The van der Waals surface area contributed by atoms with Gasteiger partial charge in [0.25, 0.3) is 11.8 Å². The molecule has 0 spiro atoms. The third kappa shape index (κ3) is 3.83. The Morgan fingerprint density at radius 2 is 1.73 bits per heavy atom. The number of pyridine rings is 1. The lowest BCUT2D eigenvalue weighted by Gasteiger charge is -2.20. The molecule has 0 saturated carbocycles. The number of benzene rings is 2. The molecular formula is C23H18FN3O3. The number of hydroxylamine groups is 1. The first-order valence-electron chi connectivity index (χ1n) is 9.33. The summed E-state index contributed by atoms with van der Waals surface area (Å²) in [5.74, 6) is -1.30. The van der Waals surface area contributed by atoms with Crippen molar-refractivity contribution < 1.29 is 19.2 Å². The van der Waals surface area contributed by atoms with Crippen molar-refractivity contribution in [2.24, 2.45) is 0 Å². The maximum atomic E-state index is 13.5. The minimum absolute atomic E-state index is 0.248. The predicted octanol–water partition coefficient (Wildman–Crippen LogP) is 3.47. The first kappa shape index (κ1) is 19.5. The molecule has 1 aliphatic rings. The van der Waals surface area contributed by atoms with Crippen molar-refractivity contribution in [3.63, 3.8) is 0 Å². The van der Waals surface area contributed by atoms with E-state index in [1.54, 1.807) is 71.3 Å². The Morgan fingerprint density at radius 1 is 1.03 bits per heavy atom. The molecule has 2 N–H and O–H groups in total. The van der Waals surface area contributed by atoms with Gasteiger partial charge in [-0.3, -0.25) is 19.8 Å². The summed E-state index contributed by atoms with van der Waals surface area (Å²) in [6, 6.07) is 14.3. The molecule has 3 aromatic rings. The number of aromatic nitrogens is 1. The van der Waals surface area contributed by atoms with E-state index in [4.69, 9.17) is 5.21 Å². The summed E-state index contributed by atoms with van der Waals surface area (Å²) < 4.78 is 13.4. The lowest BCUT2D eigenvalue weighted by molar-refractivity contribution is -0.113. The quantitative estimate of drug-likeness (QED) is 0.397. The fourth-order valence-corrected chi connectivity index (χ4v) is 3.47. The molecular weight excluding hydrogens is 385 g/mol. The van der Waals surface area contributed by atoms with Gasteiger partial charge in [0.2, 0.25) is 0 Å². The van der Waals surface area contributed by atoms with Gasteiger partial charge in [0, 0.05) is 35.8 Å². The van der Waals surface area contributed by atoms with Crippen molar-refractivity contribution in [1.82, 2.24) is 10.5 Å². The zero-order chi connectivity index (χ0) is 21.1. The van der Waals surface area contributed by atoms with Crippen molar-refractivity contribution in [2.75, 3.05) is 11.4 Å². The molecule has 30 heavy (non-hydrogen) atoms. The lowest BCUT2D eigenvalue weighted by atomic mass is 10.0. The maximum absolute atomic E-state index is 13.5. The van der Waals surface area contributed by atoms with Crippen LogP contribution in [0.5, 0.6) is 0 Å². The molecule has 0 saturated heterocycles. The highest BCUT2D eigenvalue weighted by Gasteiger charge is 2.28. The van der Waals surface area contributed by atoms with Crippen molar-refractivity contribution in [2.45, 2.75) is 6.42 Å². The van der Waals surface area contributed by atoms with E-state index in [0.29, 0.717) is 29.8 Å². The van der Waals surface area contributed by atoms with Crippen LogP contribution in [0.3, 0.4) is 0 Å². The molecule has 7 heteroatoms. The second-order valence-electron chi connectivity index (χ2n) is 6.84. The molecule has 0 aliphatic carbocycles. The van der Waals surface area contributed by atoms with Gasteiger partial charge in [0.15, 0.2) is 0 Å². The predicted molar refractivity (Wildman–Crippen MR) is 110 cm³/mol. The zero-order valence-corrected chi connectivity index (χ0v) is 15.9. The van der Waals surface area contributed by atoms with Crippen LogP contribution in [0.1, 0.15) is 27.0 Å². The van der Waals surface area contributed by atoms with E-state index in [-0.39, 0.29) is 17.3 Å². The van der Waals surface area contributed by atoms with E-state index in [0.717, 1.165) is 11.1 Å². The Hall–Kier alpha value is -3.84. The Bertz CT molecular complexity index is 1130. The molecule has 4 rings (SSSR count). The lowest BCUT2D eigenvalue weighted by Crippen LogP contribution is -2.30. The number of rotatable bonds is 4. The first-order chi connectivity index (χ1) is 14.6. The third-order valence-corrected chi connectivity index (χ3v) is 4.99. The summed E-state index contributed by atoms with van der Waals surface area (Å²) in [6.07, 6.45) is 5.64. The average molecular weight is 403 g/mol. The van der Waals surface area contributed by atoms with Gasteiger partial charge in [-0.25, -0.2) is 9.87 Å². The van der Waals surface area contributed by atoms with Crippen LogP contribution in [-0.4, -0.2) is 28.6 Å². The fraction of sp³-hybridized carbons (Fsp3) is 0.0870. The Balaban J connectivity index is 1.76. The molecule has 6 nitrogen and oxygen atoms in total. The van der Waals surface area contributed by atoms with Crippen LogP contribution in [0, 0.1) is 5.82 Å². The molecule has 2 amide bonds. The number of amides is 2. The summed E-state index contributed by atoms with van der Waals surface area (Å²) in [4.78, 5) is 30.9. The van der Waals surface area contributed by atoms with Crippen molar-refractivity contribution in [3.05, 3.63) is 95.1 Å². The molecule has 0 bridgehead atoms. The van der Waals surface area contributed by atoms with E-state index < -0.39 is 5.91 Å². The summed E-state index contributed by atoms with van der Waals surface area (Å²) in [5, 5.41) is 8.91. The van der Waals surface area contributed by atoms with Crippen LogP contribution >= 0.6 is 0 Å². The highest BCUT2D eigenvalue weighted by Crippen LogP contribution is 2.32. The summed E-state index contributed by atoms with van der Waals surface area (Å²) in [6.45, 7) is 0.452. The minimum atomic E-state index is -0.650. The molecule has 1 aromatic heterocycles. The Kier molecular flexibility index (Phi) is 5.36. The number of nitrogens with one attached hydrogen (secondary N) is 1. The fourth-order valence-electron chi connectivity index (χ4n) is 3.47. The molecule has 150 valence electrons. The van der Waals surface area contributed by atoms with Gasteiger partial charge < -0.3 is 4.90 Å². The van der Waals surface area contributed by atoms with Gasteiger partial charge in [-0.2, -0.15) is 0 Å². The summed E-state index contributed by atoms with van der Waals surface area (Å²) in [5.41, 5.74) is 5.16. The van der Waals surface area contributed by atoms with Crippen molar-refractivity contribution in [1.29, 1.82) is 0 Å². The van der Waals surface area contributed by atoms with Crippen LogP contribution in [-0.2, 0) is 11.2 Å². The SMILES string of the molecule is O=C(NO)c1ccc2c(c1)N(C(=O)/C(=C/c1ccncc1)c1ccc(F)cc1)CC2. The number of carbonyl (C=O) groups is 2. The molecule has 0 unspecified atom stereocenters.